The Balaban J connectivity index is 1.53. The van der Waals surface area contributed by atoms with Crippen molar-refractivity contribution < 1.29 is 9.72 Å². The Labute approximate surface area is 155 Å². The highest BCUT2D eigenvalue weighted by Gasteiger charge is 2.40. The van der Waals surface area contributed by atoms with E-state index in [4.69, 9.17) is 0 Å². The fourth-order valence-corrected chi connectivity index (χ4v) is 3.37. The maximum atomic E-state index is 12.7. The van der Waals surface area contributed by atoms with Crippen LogP contribution in [0, 0.1) is 10.1 Å². The third-order valence-corrected chi connectivity index (χ3v) is 5.03. The van der Waals surface area contributed by atoms with Crippen LogP contribution in [0.25, 0.3) is 5.69 Å². The quantitative estimate of drug-likeness (QED) is 0.555. The molecule has 0 radical (unpaired) electrons. The maximum Gasteiger partial charge on any atom is 0.272 e. The molecule has 0 atom stereocenters. The number of aromatic nitrogens is 2. The maximum absolute atomic E-state index is 12.7. The van der Waals surface area contributed by atoms with Gasteiger partial charge < -0.3 is 5.32 Å². The number of rotatable bonds is 5. The summed E-state index contributed by atoms with van der Waals surface area (Å²) < 4.78 is 1.54. The number of benzene rings is 2. The SMILES string of the molecule is O=C(NC1(c2ccccc2)CCC1)c1ccn(-c2ccc([N+](=O)[O-])cc2)n1. The van der Waals surface area contributed by atoms with Gasteiger partial charge in [-0.2, -0.15) is 5.10 Å². The van der Waals surface area contributed by atoms with Gasteiger partial charge >= 0.3 is 0 Å². The third kappa shape index (κ3) is 3.19. The Hall–Kier alpha value is -3.48. The van der Waals surface area contributed by atoms with Gasteiger partial charge in [0.1, 0.15) is 0 Å². The summed E-state index contributed by atoms with van der Waals surface area (Å²) in [6, 6.07) is 17.7. The van der Waals surface area contributed by atoms with Crippen molar-refractivity contribution in [3.8, 4) is 5.69 Å². The van der Waals surface area contributed by atoms with Gasteiger partial charge in [0.2, 0.25) is 0 Å². The van der Waals surface area contributed by atoms with Crippen molar-refractivity contribution in [2.75, 3.05) is 0 Å². The van der Waals surface area contributed by atoms with E-state index < -0.39 is 4.92 Å². The van der Waals surface area contributed by atoms with E-state index >= 15 is 0 Å². The molecule has 0 bridgehead atoms. The van der Waals surface area contributed by atoms with Crippen LogP contribution in [0.1, 0.15) is 35.3 Å². The fourth-order valence-electron chi connectivity index (χ4n) is 3.37. The molecular weight excluding hydrogens is 344 g/mol. The lowest BCUT2D eigenvalue weighted by atomic mass is 9.71. The summed E-state index contributed by atoms with van der Waals surface area (Å²) in [7, 11) is 0. The largest absolute Gasteiger partial charge is 0.341 e. The zero-order valence-corrected chi connectivity index (χ0v) is 14.5. The van der Waals surface area contributed by atoms with E-state index in [9.17, 15) is 14.9 Å². The molecule has 2 aromatic carbocycles. The van der Waals surface area contributed by atoms with E-state index in [0.29, 0.717) is 11.4 Å². The van der Waals surface area contributed by atoms with Crippen LogP contribution in [0.2, 0.25) is 0 Å². The second kappa shape index (κ2) is 6.68. The van der Waals surface area contributed by atoms with Crippen LogP contribution >= 0.6 is 0 Å². The van der Waals surface area contributed by atoms with Crippen LogP contribution < -0.4 is 5.32 Å². The summed E-state index contributed by atoms with van der Waals surface area (Å²) in [5.41, 5.74) is 1.77. The van der Waals surface area contributed by atoms with Crippen molar-refractivity contribution >= 4 is 11.6 Å². The Morgan fingerprint density at radius 1 is 1.07 bits per heavy atom. The average molecular weight is 362 g/mol. The number of nitro groups is 1. The van der Waals surface area contributed by atoms with Gasteiger partial charge in [-0.05, 0) is 43.0 Å². The minimum absolute atomic E-state index is 0.0126. The summed E-state index contributed by atoms with van der Waals surface area (Å²) >= 11 is 0. The van der Waals surface area contributed by atoms with Crippen LogP contribution in [0.4, 0.5) is 5.69 Å². The van der Waals surface area contributed by atoms with Crippen molar-refractivity contribution in [2.24, 2.45) is 0 Å². The van der Waals surface area contributed by atoms with Crippen molar-refractivity contribution in [1.82, 2.24) is 15.1 Å². The highest BCUT2D eigenvalue weighted by atomic mass is 16.6. The average Bonchev–Trinajstić information content (AvgIpc) is 3.15. The monoisotopic (exact) mass is 362 g/mol. The first kappa shape index (κ1) is 17.0. The van der Waals surface area contributed by atoms with Gasteiger partial charge in [-0.15, -0.1) is 0 Å². The number of amides is 1. The Kier molecular flexibility index (Phi) is 4.19. The molecule has 1 aliphatic carbocycles. The summed E-state index contributed by atoms with van der Waals surface area (Å²) in [6.45, 7) is 0. The molecule has 1 N–H and O–H groups in total. The molecule has 0 spiro atoms. The number of nitrogens with one attached hydrogen (secondary N) is 1. The normalized spacial score (nSPS) is 15.0. The van der Waals surface area contributed by atoms with E-state index in [0.717, 1.165) is 24.8 Å². The van der Waals surface area contributed by atoms with Crippen molar-refractivity contribution in [3.63, 3.8) is 0 Å². The molecule has 0 unspecified atom stereocenters. The van der Waals surface area contributed by atoms with Gasteiger partial charge in [0.25, 0.3) is 11.6 Å². The zero-order valence-electron chi connectivity index (χ0n) is 14.5. The molecule has 3 aromatic rings. The first-order chi connectivity index (χ1) is 13.1. The molecule has 136 valence electrons. The zero-order chi connectivity index (χ0) is 18.9. The smallest absolute Gasteiger partial charge is 0.272 e. The second-order valence-electron chi connectivity index (χ2n) is 6.67. The van der Waals surface area contributed by atoms with Crippen molar-refractivity contribution in [3.05, 3.63) is 88.2 Å². The van der Waals surface area contributed by atoms with E-state index in [-0.39, 0.29) is 17.1 Å². The number of nitrogens with zero attached hydrogens (tertiary/aromatic N) is 3. The Bertz CT molecular complexity index is 976. The van der Waals surface area contributed by atoms with Gasteiger partial charge in [-0.1, -0.05) is 30.3 Å². The van der Waals surface area contributed by atoms with Crippen LogP contribution in [-0.4, -0.2) is 20.6 Å². The lowest BCUT2D eigenvalue weighted by Gasteiger charge is -2.43. The molecule has 4 rings (SSSR count). The van der Waals surface area contributed by atoms with E-state index in [2.05, 4.69) is 10.4 Å². The van der Waals surface area contributed by atoms with Crippen LogP contribution in [0.3, 0.4) is 0 Å². The predicted molar refractivity (Wildman–Crippen MR) is 99.7 cm³/mol. The van der Waals surface area contributed by atoms with Gasteiger partial charge in [0.15, 0.2) is 5.69 Å². The highest BCUT2D eigenvalue weighted by molar-refractivity contribution is 5.93. The van der Waals surface area contributed by atoms with Gasteiger partial charge in [-0.25, -0.2) is 4.68 Å². The Morgan fingerprint density at radius 2 is 1.78 bits per heavy atom. The summed E-state index contributed by atoms with van der Waals surface area (Å²) in [5.74, 6) is -0.223. The van der Waals surface area contributed by atoms with Crippen LogP contribution in [0.5, 0.6) is 0 Å². The minimum Gasteiger partial charge on any atom is -0.341 e. The van der Waals surface area contributed by atoms with E-state index in [1.54, 1.807) is 24.4 Å². The molecule has 7 heteroatoms. The highest BCUT2D eigenvalue weighted by Crippen LogP contribution is 2.41. The van der Waals surface area contributed by atoms with E-state index in [1.807, 2.05) is 30.3 Å². The molecule has 7 nitrogen and oxygen atoms in total. The van der Waals surface area contributed by atoms with Crippen molar-refractivity contribution in [1.29, 1.82) is 0 Å². The standard InChI is InChI=1S/C20H18N4O3/c25-19(21-20(12-4-13-20)15-5-2-1-3-6-15)18-11-14-23(22-18)16-7-9-17(10-8-16)24(26)27/h1-3,5-11,14H,4,12-13H2,(H,21,25). The molecule has 1 aromatic heterocycles. The van der Waals surface area contributed by atoms with E-state index in [1.165, 1.54) is 16.8 Å². The Morgan fingerprint density at radius 3 is 2.37 bits per heavy atom. The second-order valence-corrected chi connectivity index (χ2v) is 6.67. The summed E-state index contributed by atoms with van der Waals surface area (Å²) in [6.07, 6.45) is 4.57. The number of nitro benzene ring substituents is 1. The molecule has 0 aliphatic heterocycles. The van der Waals surface area contributed by atoms with Crippen molar-refractivity contribution in [2.45, 2.75) is 24.8 Å². The molecule has 1 heterocycles. The number of hydrogen-bond donors (Lipinski definition) is 1. The topological polar surface area (TPSA) is 90.1 Å². The lowest BCUT2D eigenvalue weighted by molar-refractivity contribution is -0.384. The predicted octanol–water partition coefficient (Wildman–Crippen LogP) is 3.59. The first-order valence-electron chi connectivity index (χ1n) is 8.76. The fraction of sp³-hybridized carbons (Fsp3) is 0.200. The minimum atomic E-state index is -0.451. The molecule has 0 saturated heterocycles. The number of non-ortho nitro benzene ring substituents is 1. The number of carbonyl (C=O) groups is 1. The third-order valence-electron chi connectivity index (χ3n) is 5.03. The van der Waals surface area contributed by atoms with Crippen LogP contribution in [0.15, 0.2) is 66.9 Å². The number of hydrogen-bond acceptors (Lipinski definition) is 4. The van der Waals surface area contributed by atoms with Gasteiger partial charge in [0, 0.05) is 18.3 Å². The molecular formula is C20H18N4O3. The summed E-state index contributed by atoms with van der Waals surface area (Å²) in [4.78, 5) is 23.0. The first-order valence-corrected chi connectivity index (χ1v) is 8.76. The summed E-state index contributed by atoms with van der Waals surface area (Å²) in [5, 5.41) is 18.2. The molecule has 1 aliphatic rings. The van der Waals surface area contributed by atoms with Crippen LogP contribution in [-0.2, 0) is 5.54 Å². The van der Waals surface area contributed by atoms with Gasteiger partial charge in [-0.3, -0.25) is 14.9 Å². The molecule has 1 amide bonds. The number of carbonyl (C=O) groups excluding carboxylic acids is 1. The van der Waals surface area contributed by atoms with Gasteiger partial charge in [0.05, 0.1) is 16.1 Å². The lowest BCUT2D eigenvalue weighted by Crippen LogP contribution is -2.50. The molecule has 27 heavy (non-hydrogen) atoms. The molecule has 1 saturated carbocycles. The molecule has 1 fully saturated rings.